The Kier molecular flexibility index (Phi) is 9.89. The average molecular weight is 760 g/mol. The number of carbonyl (C=O) groups excluding carboxylic acids is 1. The molecule has 11 nitrogen and oxygen atoms in total. The van der Waals surface area contributed by atoms with E-state index in [1.54, 1.807) is 61.7 Å². The first-order valence-electron chi connectivity index (χ1n) is 15.8. The third-order valence-corrected chi connectivity index (χ3v) is 11.2. The SMILES string of the molecule is CSCC(=O)c1ccc(-c2cc3c(O)c(c2)Cc2cc(S(=O)(=O)[O-])cc(c2O)Cc2cc(C)cc(c2O)Cc2cc(S(=O)(=O)[O-])cc(c2[O-])C3)cc1. The van der Waals surface area contributed by atoms with Gasteiger partial charge in [0.05, 0.1) is 15.5 Å². The molecule has 0 heterocycles. The van der Waals surface area contributed by atoms with Crippen molar-refractivity contribution in [1.82, 2.24) is 0 Å². The van der Waals surface area contributed by atoms with Gasteiger partial charge in [0.25, 0.3) is 0 Å². The molecule has 270 valence electrons. The Bertz CT molecular complexity index is 2350. The Labute approximate surface area is 304 Å². The number of aromatic hydroxyl groups is 3. The maximum atomic E-state index is 13.9. The maximum absolute atomic E-state index is 13.9. The van der Waals surface area contributed by atoms with E-state index in [4.69, 9.17) is 0 Å². The molecule has 3 N–H and O–H groups in total. The van der Waals surface area contributed by atoms with Gasteiger partial charge in [-0.2, -0.15) is 11.8 Å². The minimum absolute atomic E-state index is 0.0153. The maximum Gasteiger partial charge on any atom is 0.172 e. The highest BCUT2D eigenvalue weighted by Crippen LogP contribution is 2.40. The van der Waals surface area contributed by atoms with Crippen molar-refractivity contribution in [3.8, 4) is 34.1 Å². The van der Waals surface area contributed by atoms with Crippen molar-refractivity contribution in [1.29, 1.82) is 0 Å². The van der Waals surface area contributed by atoms with Crippen molar-refractivity contribution < 1.29 is 51.2 Å². The molecule has 0 fully saturated rings. The summed E-state index contributed by atoms with van der Waals surface area (Å²) in [6, 6.07) is 16.8. The van der Waals surface area contributed by atoms with Gasteiger partial charge in [0.2, 0.25) is 0 Å². The fourth-order valence-corrected chi connectivity index (χ4v) is 8.13. The number of fused-ring (bicyclic) bond motifs is 8. The van der Waals surface area contributed by atoms with Crippen LogP contribution >= 0.6 is 11.8 Å². The highest BCUT2D eigenvalue weighted by molar-refractivity contribution is 7.99. The summed E-state index contributed by atoms with van der Waals surface area (Å²) < 4.78 is 73.8. The van der Waals surface area contributed by atoms with E-state index in [2.05, 4.69) is 0 Å². The highest BCUT2D eigenvalue weighted by atomic mass is 32.2. The Hall–Kier alpha value is -4.86. The second-order valence-electron chi connectivity index (χ2n) is 12.8. The average Bonchev–Trinajstić information content (AvgIpc) is 3.07. The summed E-state index contributed by atoms with van der Waals surface area (Å²) in [6.07, 6.45) is 0.576. The summed E-state index contributed by atoms with van der Waals surface area (Å²) in [5.41, 5.74) is 2.50. The number of aryl methyl sites for hydroxylation is 1. The standard InChI is InChI=1S/C38H34O11S3/c1-20-7-24-11-28-15-32(51(44,45)46)17-30(37(28)42)13-26-9-23(21-3-5-22(6-4-21)34(39)19-50-2)10-27(36(26)41)14-31-18-33(52(47,48)49)16-29(38(31)43)12-25(8-20)35(24)40/h3-10,15-18,40-43H,11-14,19H2,1-2H3,(H,44,45,46)(H,47,48,49)/p-3. The minimum atomic E-state index is -5.06. The van der Waals surface area contributed by atoms with Gasteiger partial charge in [-0.25, -0.2) is 16.8 Å². The zero-order valence-corrected chi connectivity index (χ0v) is 30.2. The molecule has 0 aromatic heterocycles. The number of phenols is 3. The molecule has 0 saturated carbocycles. The van der Waals surface area contributed by atoms with E-state index in [1.807, 2.05) is 0 Å². The molecule has 0 radical (unpaired) electrons. The van der Waals surface area contributed by atoms with Crippen molar-refractivity contribution in [2.75, 3.05) is 12.0 Å². The van der Waals surface area contributed by atoms with Crippen LogP contribution in [-0.2, 0) is 45.9 Å². The van der Waals surface area contributed by atoms with Crippen LogP contribution in [0.25, 0.3) is 11.1 Å². The number of phenolic OH excluding ortho intramolecular Hbond substituents is 3. The lowest BCUT2D eigenvalue weighted by atomic mass is 9.89. The van der Waals surface area contributed by atoms with Gasteiger partial charge in [0.1, 0.15) is 37.5 Å². The number of hydrogen-bond donors (Lipinski definition) is 3. The molecule has 0 aliphatic heterocycles. The zero-order valence-electron chi connectivity index (χ0n) is 27.8. The lowest BCUT2D eigenvalue weighted by Gasteiger charge is -2.24. The van der Waals surface area contributed by atoms with Gasteiger partial charge in [-0.1, -0.05) is 42.0 Å². The number of benzene rings is 5. The first kappa shape index (κ1) is 36.9. The molecule has 1 aliphatic rings. The number of ketones is 1. The molecule has 6 rings (SSSR count). The number of thioether (sulfide) groups is 1. The molecule has 1 aliphatic carbocycles. The van der Waals surface area contributed by atoms with Gasteiger partial charge in [0.15, 0.2) is 5.78 Å². The van der Waals surface area contributed by atoms with Gasteiger partial charge in [-0.3, -0.25) is 4.79 Å². The van der Waals surface area contributed by atoms with E-state index in [1.165, 1.54) is 11.8 Å². The zero-order chi connectivity index (χ0) is 37.7. The summed E-state index contributed by atoms with van der Waals surface area (Å²) in [4.78, 5) is 11.2. The van der Waals surface area contributed by atoms with E-state index in [-0.39, 0.29) is 99.0 Å². The predicted octanol–water partition coefficient (Wildman–Crippen LogP) is 4.88. The second kappa shape index (κ2) is 13.9. The molecular formula is C38H31O11S3-3. The van der Waals surface area contributed by atoms with Gasteiger partial charge in [0, 0.05) is 31.2 Å². The van der Waals surface area contributed by atoms with Crippen molar-refractivity contribution in [3.63, 3.8) is 0 Å². The van der Waals surface area contributed by atoms with Crippen LogP contribution in [0.3, 0.4) is 0 Å². The topological polar surface area (TPSA) is 215 Å². The molecule has 5 aromatic carbocycles. The van der Waals surface area contributed by atoms with Crippen LogP contribution in [-0.4, -0.2) is 59.1 Å². The normalized spacial score (nSPS) is 13.2. The monoisotopic (exact) mass is 759 g/mol. The van der Waals surface area contributed by atoms with Crippen LogP contribution < -0.4 is 5.11 Å². The molecule has 52 heavy (non-hydrogen) atoms. The fraction of sp³-hybridized carbons (Fsp3) is 0.184. The van der Waals surface area contributed by atoms with Crippen molar-refractivity contribution in [2.45, 2.75) is 42.4 Å². The number of carbonyl (C=O) groups is 1. The van der Waals surface area contributed by atoms with Crippen molar-refractivity contribution in [2.24, 2.45) is 0 Å². The summed E-state index contributed by atoms with van der Waals surface area (Å²) in [7, 11) is -10.1. The second-order valence-corrected chi connectivity index (χ2v) is 16.4. The van der Waals surface area contributed by atoms with Crippen LogP contribution in [0.4, 0.5) is 0 Å². The molecule has 0 amide bonds. The molecular weight excluding hydrogens is 729 g/mol. The molecule has 8 bridgehead atoms. The van der Waals surface area contributed by atoms with Crippen LogP contribution in [0.2, 0.25) is 0 Å². The highest BCUT2D eigenvalue weighted by Gasteiger charge is 2.22. The van der Waals surface area contributed by atoms with E-state index in [0.29, 0.717) is 22.3 Å². The minimum Gasteiger partial charge on any atom is -0.872 e. The third-order valence-electron chi connectivity index (χ3n) is 9.05. The Morgan fingerprint density at radius 1 is 0.615 bits per heavy atom. The van der Waals surface area contributed by atoms with E-state index >= 15 is 0 Å². The van der Waals surface area contributed by atoms with E-state index in [9.17, 15) is 51.2 Å². The Balaban J connectivity index is 1.64. The molecule has 0 atom stereocenters. The van der Waals surface area contributed by atoms with E-state index in [0.717, 1.165) is 24.3 Å². The molecule has 0 unspecified atom stereocenters. The van der Waals surface area contributed by atoms with Gasteiger partial charge < -0.3 is 29.5 Å². The van der Waals surface area contributed by atoms with Crippen LogP contribution in [0.15, 0.2) is 82.6 Å². The summed E-state index contributed by atoms with van der Waals surface area (Å²) in [6.45, 7) is 1.69. The lowest BCUT2D eigenvalue weighted by Crippen LogP contribution is -2.09. The predicted molar refractivity (Wildman–Crippen MR) is 190 cm³/mol. The molecule has 0 saturated heterocycles. The Morgan fingerprint density at radius 3 is 1.38 bits per heavy atom. The molecule has 0 spiro atoms. The quantitative estimate of drug-likeness (QED) is 0.153. The van der Waals surface area contributed by atoms with Crippen LogP contribution in [0.1, 0.15) is 60.4 Å². The van der Waals surface area contributed by atoms with Crippen LogP contribution in [0.5, 0.6) is 23.0 Å². The first-order valence-corrected chi connectivity index (χ1v) is 20.0. The van der Waals surface area contributed by atoms with Crippen molar-refractivity contribution in [3.05, 3.63) is 128 Å². The van der Waals surface area contributed by atoms with Gasteiger partial charge in [-0.15, -0.1) is 5.75 Å². The smallest absolute Gasteiger partial charge is 0.172 e. The Morgan fingerprint density at radius 2 is 0.981 bits per heavy atom. The van der Waals surface area contributed by atoms with Gasteiger partial charge >= 0.3 is 0 Å². The van der Waals surface area contributed by atoms with Gasteiger partial charge in [-0.05, 0) is 105 Å². The summed E-state index contributed by atoms with van der Waals surface area (Å²) in [5, 5.41) is 48.4. The number of Topliss-reactive ketones (excluding diaryl/α,β-unsaturated/α-hetero) is 1. The van der Waals surface area contributed by atoms with Crippen molar-refractivity contribution >= 4 is 37.8 Å². The van der Waals surface area contributed by atoms with E-state index < -0.39 is 35.8 Å². The first-order chi connectivity index (χ1) is 24.4. The fourth-order valence-electron chi connectivity index (χ4n) is 6.55. The molecule has 14 heteroatoms. The molecule has 5 aromatic rings. The largest absolute Gasteiger partial charge is 0.872 e. The summed E-state index contributed by atoms with van der Waals surface area (Å²) in [5.74, 6) is -1.48. The lowest BCUT2D eigenvalue weighted by molar-refractivity contribution is -0.270. The number of rotatable bonds is 6. The van der Waals surface area contributed by atoms with Crippen LogP contribution in [0, 0.1) is 6.92 Å². The summed E-state index contributed by atoms with van der Waals surface area (Å²) >= 11 is 1.38. The third kappa shape index (κ3) is 7.52. The number of hydrogen-bond acceptors (Lipinski definition) is 12.